The van der Waals surface area contributed by atoms with Crippen molar-refractivity contribution < 1.29 is 28.2 Å². The first-order valence-electron chi connectivity index (χ1n) is 9.21. The minimum Gasteiger partial charge on any atom is -0.497 e. The normalized spacial score (nSPS) is 10.6. The maximum absolute atomic E-state index is 12.1. The van der Waals surface area contributed by atoms with Gasteiger partial charge in [0.25, 0.3) is 0 Å². The van der Waals surface area contributed by atoms with Crippen molar-refractivity contribution in [2.24, 2.45) is 0 Å². The van der Waals surface area contributed by atoms with Crippen LogP contribution in [-0.2, 0) is 16.1 Å². The predicted octanol–water partition coefficient (Wildman–Crippen LogP) is 3.71. The van der Waals surface area contributed by atoms with E-state index in [4.69, 9.17) is 23.4 Å². The van der Waals surface area contributed by atoms with Crippen LogP contribution in [0, 0.1) is 0 Å². The molecular formula is C22H22O7. The Hall–Kier alpha value is -3.48. The van der Waals surface area contributed by atoms with Gasteiger partial charge in [0, 0.05) is 23.1 Å². The first-order valence-corrected chi connectivity index (χ1v) is 9.21. The lowest BCUT2D eigenvalue weighted by atomic mass is 10.1. The van der Waals surface area contributed by atoms with Gasteiger partial charge in [0.1, 0.15) is 17.9 Å². The highest BCUT2D eigenvalue weighted by Gasteiger charge is 2.11. The quantitative estimate of drug-likeness (QED) is 0.401. The van der Waals surface area contributed by atoms with Crippen LogP contribution in [0.5, 0.6) is 17.2 Å². The van der Waals surface area contributed by atoms with Crippen LogP contribution < -0.4 is 19.8 Å². The summed E-state index contributed by atoms with van der Waals surface area (Å²) in [6, 6.07) is 13.7. The Morgan fingerprint density at radius 1 is 1.03 bits per heavy atom. The van der Waals surface area contributed by atoms with Gasteiger partial charge in [-0.15, -0.1) is 0 Å². The van der Waals surface area contributed by atoms with Crippen LogP contribution in [-0.4, -0.2) is 26.3 Å². The lowest BCUT2D eigenvalue weighted by molar-refractivity contribution is -0.145. The van der Waals surface area contributed by atoms with Crippen molar-refractivity contribution in [2.75, 3.05) is 20.3 Å². The molecular weight excluding hydrogens is 376 g/mol. The molecule has 0 radical (unpaired) electrons. The van der Waals surface area contributed by atoms with Crippen LogP contribution in [0.15, 0.2) is 57.7 Å². The van der Waals surface area contributed by atoms with E-state index < -0.39 is 11.6 Å². The third-order valence-corrected chi connectivity index (χ3v) is 4.14. The van der Waals surface area contributed by atoms with Gasteiger partial charge in [-0.2, -0.15) is 0 Å². The number of para-hydroxylation sites is 2. The number of carbonyl (C=O) groups excluding carboxylic acids is 1. The fourth-order valence-corrected chi connectivity index (χ4v) is 2.78. The molecule has 0 unspecified atom stereocenters. The molecule has 29 heavy (non-hydrogen) atoms. The molecule has 7 nitrogen and oxygen atoms in total. The van der Waals surface area contributed by atoms with E-state index in [2.05, 4.69) is 0 Å². The molecule has 0 saturated heterocycles. The van der Waals surface area contributed by atoms with Gasteiger partial charge in [0.15, 0.2) is 11.5 Å². The molecule has 3 aromatic rings. The van der Waals surface area contributed by atoms with E-state index in [0.29, 0.717) is 40.4 Å². The van der Waals surface area contributed by atoms with E-state index in [1.165, 1.54) is 13.2 Å². The Kier molecular flexibility index (Phi) is 6.73. The van der Waals surface area contributed by atoms with Crippen molar-refractivity contribution in [3.63, 3.8) is 0 Å². The summed E-state index contributed by atoms with van der Waals surface area (Å²) in [5, 5.41) is 0.681. The zero-order chi connectivity index (χ0) is 20.6. The number of hydrogen-bond donors (Lipinski definition) is 0. The van der Waals surface area contributed by atoms with E-state index in [-0.39, 0.29) is 19.6 Å². The van der Waals surface area contributed by atoms with Crippen molar-refractivity contribution in [1.82, 2.24) is 0 Å². The van der Waals surface area contributed by atoms with Crippen LogP contribution in [0.1, 0.15) is 18.9 Å². The van der Waals surface area contributed by atoms with Crippen molar-refractivity contribution in [2.45, 2.75) is 20.0 Å². The summed E-state index contributed by atoms with van der Waals surface area (Å²) < 4.78 is 26.7. The van der Waals surface area contributed by atoms with E-state index in [1.807, 2.05) is 19.1 Å². The monoisotopic (exact) mass is 398 g/mol. The molecule has 0 fully saturated rings. The maximum atomic E-state index is 12.1. The lowest BCUT2D eigenvalue weighted by Crippen LogP contribution is -2.11. The third-order valence-electron chi connectivity index (χ3n) is 4.14. The molecule has 1 aromatic heterocycles. The van der Waals surface area contributed by atoms with Gasteiger partial charge < -0.3 is 23.4 Å². The second-order valence-corrected chi connectivity index (χ2v) is 6.09. The summed E-state index contributed by atoms with van der Waals surface area (Å²) in [6.07, 6.45) is 0.0632. The average molecular weight is 398 g/mol. The summed E-state index contributed by atoms with van der Waals surface area (Å²) >= 11 is 0. The molecule has 2 aromatic carbocycles. The summed E-state index contributed by atoms with van der Waals surface area (Å²) in [7, 11) is 1.53. The number of fused-ring (bicyclic) bond motifs is 1. The molecule has 0 aliphatic heterocycles. The van der Waals surface area contributed by atoms with Gasteiger partial charge >= 0.3 is 11.6 Å². The average Bonchev–Trinajstić information content (AvgIpc) is 2.72. The maximum Gasteiger partial charge on any atom is 0.336 e. The molecule has 3 rings (SSSR count). The summed E-state index contributed by atoms with van der Waals surface area (Å²) in [6.45, 7) is 2.52. The van der Waals surface area contributed by atoms with Gasteiger partial charge in [0.2, 0.25) is 0 Å². The lowest BCUT2D eigenvalue weighted by Gasteiger charge is -2.11. The van der Waals surface area contributed by atoms with Crippen molar-refractivity contribution in [3.8, 4) is 17.2 Å². The Labute approximate surface area is 167 Å². The van der Waals surface area contributed by atoms with Crippen LogP contribution in [0.3, 0.4) is 0 Å². The number of ether oxygens (including phenoxy) is 4. The number of hydrogen-bond acceptors (Lipinski definition) is 7. The summed E-state index contributed by atoms with van der Waals surface area (Å²) in [5.74, 6) is 1.33. The Morgan fingerprint density at radius 2 is 1.79 bits per heavy atom. The van der Waals surface area contributed by atoms with Crippen LogP contribution in [0.25, 0.3) is 11.0 Å². The standard InChI is InChI=1S/C22H22O7/c1-3-26-18-6-4-5-7-19(18)27-11-10-21(23)28-14-15-12-22(24)29-20-13-16(25-2)8-9-17(15)20/h4-9,12-13H,3,10-11,14H2,1-2H3. The van der Waals surface area contributed by atoms with Crippen LogP contribution >= 0.6 is 0 Å². The van der Waals surface area contributed by atoms with Gasteiger partial charge in [0.05, 0.1) is 26.7 Å². The third kappa shape index (κ3) is 5.28. The fourth-order valence-electron chi connectivity index (χ4n) is 2.78. The van der Waals surface area contributed by atoms with E-state index in [0.717, 1.165) is 0 Å². The van der Waals surface area contributed by atoms with Crippen molar-refractivity contribution in [1.29, 1.82) is 0 Å². The molecule has 0 bridgehead atoms. The Morgan fingerprint density at radius 3 is 2.52 bits per heavy atom. The molecule has 0 atom stereocenters. The fraction of sp³-hybridized carbons (Fsp3) is 0.273. The van der Waals surface area contributed by atoms with Crippen LogP contribution in [0.2, 0.25) is 0 Å². The molecule has 152 valence electrons. The highest BCUT2D eigenvalue weighted by molar-refractivity contribution is 5.81. The first kappa shape index (κ1) is 20.3. The van der Waals surface area contributed by atoms with Gasteiger partial charge in [-0.3, -0.25) is 4.79 Å². The molecule has 0 aliphatic rings. The number of rotatable bonds is 9. The largest absolute Gasteiger partial charge is 0.497 e. The molecule has 0 N–H and O–H groups in total. The Balaban J connectivity index is 1.58. The SMILES string of the molecule is CCOc1ccccc1OCCC(=O)OCc1cc(=O)oc2cc(OC)ccc12. The number of methoxy groups -OCH3 is 1. The zero-order valence-corrected chi connectivity index (χ0v) is 16.3. The second-order valence-electron chi connectivity index (χ2n) is 6.09. The topological polar surface area (TPSA) is 84.2 Å². The second kappa shape index (κ2) is 9.64. The molecule has 0 aliphatic carbocycles. The van der Waals surface area contributed by atoms with E-state index in [1.54, 1.807) is 30.3 Å². The highest BCUT2D eigenvalue weighted by Crippen LogP contribution is 2.26. The predicted molar refractivity (Wildman–Crippen MR) is 107 cm³/mol. The van der Waals surface area contributed by atoms with E-state index in [9.17, 15) is 9.59 Å². The van der Waals surface area contributed by atoms with Gasteiger partial charge in [-0.25, -0.2) is 4.79 Å². The highest BCUT2D eigenvalue weighted by atomic mass is 16.5. The van der Waals surface area contributed by atoms with Crippen molar-refractivity contribution >= 4 is 16.9 Å². The molecule has 0 amide bonds. The van der Waals surface area contributed by atoms with E-state index >= 15 is 0 Å². The zero-order valence-electron chi connectivity index (χ0n) is 16.3. The van der Waals surface area contributed by atoms with Gasteiger partial charge in [-0.05, 0) is 31.2 Å². The summed E-state index contributed by atoms with van der Waals surface area (Å²) in [4.78, 5) is 23.9. The van der Waals surface area contributed by atoms with Crippen molar-refractivity contribution in [3.05, 3.63) is 64.5 Å². The molecule has 7 heteroatoms. The summed E-state index contributed by atoms with van der Waals surface area (Å²) in [5.41, 5.74) is 0.418. The first-order chi connectivity index (χ1) is 14.1. The minimum atomic E-state index is -0.521. The smallest absolute Gasteiger partial charge is 0.336 e. The molecule has 1 heterocycles. The molecule has 0 spiro atoms. The molecule has 0 saturated carbocycles. The number of benzene rings is 2. The Bertz CT molecular complexity index is 1040. The minimum absolute atomic E-state index is 0.0389. The number of esters is 1. The number of carbonyl (C=O) groups is 1. The van der Waals surface area contributed by atoms with Crippen LogP contribution in [0.4, 0.5) is 0 Å². The van der Waals surface area contributed by atoms with Gasteiger partial charge in [-0.1, -0.05) is 12.1 Å².